The maximum absolute atomic E-state index is 13.2. The Morgan fingerprint density at radius 1 is 1.21 bits per heavy atom. The minimum Gasteiger partial charge on any atom is -0.496 e. The van der Waals surface area contributed by atoms with Crippen LogP contribution in [-0.4, -0.2) is 44.1 Å². The van der Waals surface area contributed by atoms with Gasteiger partial charge in [-0.15, -0.1) is 0 Å². The third-order valence-electron chi connectivity index (χ3n) is 5.71. The summed E-state index contributed by atoms with van der Waals surface area (Å²) in [7, 11) is 1.69. The van der Waals surface area contributed by atoms with Gasteiger partial charge < -0.3 is 15.0 Å². The Balaban J connectivity index is 1.68. The summed E-state index contributed by atoms with van der Waals surface area (Å²) < 4.78 is 5.45. The highest BCUT2D eigenvalue weighted by Gasteiger charge is 2.36. The molecule has 2 atom stereocenters. The molecular formula is C20H30N2O2. The molecule has 1 aromatic carbocycles. The van der Waals surface area contributed by atoms with Gasteiger partial charge >= 0.3 is 0 Å². The van der Waals surface area contributed by atoms with Crippen molar-refractivity contribution in [3.63, 3.8) is 0 Å². The van der Waals surface area contributed by atoms with Gasteiger partial charge in [0.1, 0.15) is 5.75 Å². The number of benzene rings is 1. The summed E-state index contributed by atoms with van der Waals surface area (Å²) in [5.41, 5.74) is 0.695. The summed E-state index contributed by atoms with van der Waals surface area (Å²) in [5, 5.41) is 3.49. The number of methoxy groups -OCH3 is 1. The molecule has 0 aromatic heterocycles. The van der Waals surface area contributed by atoms with Gasteiger partial charge in [-0.1, -0.05) is 32.0 Å². The van der Waals surface area contributed by atoms with Gasteiger partial charge in [-0.25, -0.2) is 0 Å². The number of hydrogen-bond donors (Lipinski definition) is 1. The molecule has 2 aliphatic heterocycles. The average Bonchev–Trinajstić information content (AvgIpc) is 2.93. The Hall–Kier alpha value is -1.55. The molecular weight excluding hydrogens is 300 g/mol. The monoisotopic (exact) mass is 330 g/mol. The number of amides is 1. The van der Waals surface area contributed by atoms with E-state index in [1.54, 1.807) is 7.11 Å². The van der Waals surface area contributed by atoms with Crippen LogP contribution in [-0.2, 0) is 11.2 Å². The second kappa shape index (κ2) is 7.14. The summed E-state index contributed by atoms with van der Waals surface area (Å²) in [6, 6.07) is 8.01. The molecule has 2 saturated heterocycles. The average molecular weight is 330 g/mol. The molecule has 2 aliphatic rings. The van der Waals surface area contributed by atoms with E-state index in [1.807, 2.05) is 18.2 Å². The summed E-state index contributed by atoms with van der Waals surface area (Å²) >= 11 is 0. The predicted octanol–water partition coefficient (Wildman–Crippen LogP) is 2.72. The first-order chi connectivity index (χ1) is 11.5. The lowest BCUT2D eigenvalue weighted by Gasteiger charge is -2.32. The third kappa shape index (κ3) is 3.59. The van der Waals surface area contributed by atoms with Gasteiger partial charge in [-0.2, -0.15) is 0 Å². The number of nitrogens with one attached hydrogen (secondary N) is 1. The minimum atomic E-state index is -0.410. The van der Waals surface area contributed by atoms with Gasteiger partial charge in [0.25, 0.3) is 0 Å². The first-order valence-electron chi connectivity index (χ1n) is 9.13. The van der Waals surface area contributed by atoms with Crippen molar-refractivity contribution < 1.29 is 9.53 Å². The summed E-state index contributed by atoms with van der Waals surface area (Å²) in [5.74, 6) is 2.65. The van der Waals surface area contributed by atoms with Crippen LogP contribution < -0.4 is 10.1 Å². The number of fused-ring (bicyclic) bond motifs is 1. The van der Waals surface area contributed by atoms with Gasteiger partial charge in [-0.05, 0) is 55.8 Å². The van der Waals surface area contributed by atoms with E-state index in [9.17, 15) is 4.79 Å². The first kappa shape index (κ1) is 17.3. The fourth-order valence-corrected chi connectivity index (χ4v) is 4.25. The van der Waals surface area contributed by atoms with Crippen molar-refractivity contribution in [3.05, 3.63) is 29.8 Å². The van der Waals surface area contributed by atoms with Crippen LogP contribution in [0.25, 0.3) is 0 Å². The normalized spacial score (nSPS) is 24.4. The molecule has 0 spiro atoms. The number of hydrogen-bond acceptors (Lipinski definition) is 3. The van der Waals surface area contributed by atoms with E-state index in [-0.39, 0.29) is 5.91 Å². The lowest BCUT2D eigenvalue weighted by Crippen LogP contribution is -2.43. The zero-order valence-electron chi connectivity index (χ0n) is 15.2. The molecule has 0 aliphatic carbocycles. The molecule has 1 N–H and O–H groups in total. The Kier molecular flexibility index (Phi) is 5.14. The number of ether oxygens (including phenoxy) is 1. The Labute approximate surface area is 145 Å². The molecule has 4 heteroatoms. The van der Waals surface area contributed by atoms with E-state index >= 15 is 0 Å². The number of carbonyl (C=O) groups is 1. The Bertz CT molecular complexity index is 571. The van der Waals surface area contributed by atoms with Crippen molar-refractivity contribution in [2.45, 2.75) is 33.1 Å². The Morgan fingerprint density at radius 2 is 1.83 bits per heavy atom. The molecule has 0 radical (unpaired) electrons. The van der Waals surface area contributed by atoms with Crippen molar-refractivity contribution in [1.82, 2.24) is 10.2 Å². The van der Waals surface area contributed by atoms with Gasteiger partial charge in [0.2, 0.25) is 5.91 Å². The zero-order valence-corrected chi connectivity index (χ0v) is 15.2. The largest absolute Gasteiger partial charge is 0.496 e. The van der Waals surface area contributed by atoms with Crippen LogP contribution in [0, 0.1) is 17.3 Å². The van der Waals surface area contributed by atoms with E-state index in [0.717, 1.165) is 62.2 Å². The highest BCUT2D eigenvalue weighted by molar-refractivity contribution is 5.82. The van der Waals surface area contributed by atoms with Crippen LogP contribution in [0.4, 0.5) is 0 Å². The van der Waals surface area contributed by atoms with Crippen LogP contribution >= 0.6 is 0 Å². The van der Waals surface area contributed by atoms with E-state index < -0.39 is 5.41 Å². The molecule has 2 heterocycles. The van der Waals surface area contributed by atoms with Gasteiger partial charge in [0.05, 0.1) is 7.11 Å². The van der Waals surface area contributed by atoms with Crippen molar-refractivity contribution in [2.75, 3.05) is 33.3 Å². The van der Waals surface area contributed by atoms with E-state index in [0.29, 0.717) is 6.42 Å². The minimum absolute atomic E-state index is 0.279. The third-order valence-corrected chi connectivity index (χ3v) is 5.71. The van der Waals surface area contributed by atoms with Gasteiger partial charge in [-0.3, -0.25) is 4.79 Å². The fourth-order valence-electron chi connectivity index (χ4n) is 4.25. The van der Waals surface area contributed by atoms with Crippen LogP contribution in [0.5, 0.6) is 5.75 Å². The van der Waals surface area contributed by atoms with Crippen molar-refractivity contribution >= 4 is 5.91 Å². The molecule has 24 heavy (non-hydrogen) atoms. The van der Waals surface area contributed by atoms with Crippen LogP contribution in [0.2, 0.25) is 0 Å². The van der Waals surface area contributed by atoms with Crippen LogP contribution in [0.3, 0.4) is 0 Å². The molecule has 3 rings (SSSR count). The standard InChI is InChI=1S/C20H30N2O2/c1-20(2,12-15-6-4-5-7-18(15)24-3)19(23)22-10-8-16-13-21-14-17(16)9-11-22/h4-7,16-17,21H,8-14H2,1-3H3/t16-,17+. The molecule has 4 nitrogen and oxygen atoms in total. The SMILES string of the molecule is COc1ccccc1CC(C)(C)C(=O)N1CC[C@@H]2CNC[C@@H]2CC1. The molecule has 0 saturated carbocycles. The lowest BCUT2D eigenvalue weighted by atomic mass is 9.83. The number of likely N-dealkylation sites (tertiary alicyclic amines) is 1. The maximum Gasteiger partial charge on any atom is 0.228 e. The number of nitrogens with zero attached hydrogens (tertiary/aromatic N) is 1. The van der Waals surface area contributed by atoms with Gasteiger partial charge in [0, 0.05) is 18.5 Å². The fraction of sp³-hybridized carbons (Fsp3) is 0.650. The first-order valence-corrected chi connectivity index (χ1v) is 9.13. The van der Waals surface area contributed by atoms with Crippen molar-refractivity contribution in [1.29, 1.82) is 0 Å². The molecule has 1 aromatic rings. The van der Waals surface area contributed by atoms with Crippen molar-refractivity contribution in [2.24, 2.45) is 17.3 Å². The molecule has 132 valence electrons. The topological polar surface area (TPSA) is 41.6 Å². The van der Waals surface area contributed by atoms with E-state index in [2.05, 4.69) is 30.1 Å². The van der Waals surface area contributed by atoms with E-state index in [4.69, 9.17) is 4.74 Å². The molecule has 1 amide bonds. The Morgan fingerprint density at radius 3 is 2.46 bits per heavy atom. The van der Waals surface area contributed by atoms with Gasteiger partial charge in [0.15, 0.2) is 0 Å². The molecule has 2 fully saturated rings. The molecule has 0 bridgehead atoms. The highest BCUT2D eigenvalue weighted by Crippen LogP contribution is 2.32. The maximum atomic E-state index is 13.2. The quantitative estimate of drug-likeness (QED) is 0.923. The van der Waals surface area contributed by atoms with E-state index in [1.165, 1.54) is 0 Å². The highest BCUT2D eigenvalue weighted by atomic mass is 16.5. The number of rotatable bonds is 4. The lowest BCUT2D eigenvalue weighted by molar-refractivity contribution is -0.140. The van der Waals surface area contributed by atoms with Crippen LogP contribution in [0.15, 0.2) is 24.3 Å². The zero-order chi connectivity index (χ0) is 17.2. The second-order valence-electron chi connectivity index (χ2n) is 7.92. The summed E-state index contributed by atoms with van der Waals surface area (Å²) in [6.45, 7) is 8.17. The van der Waals surface area contributed by atoms with Crippen LogP contribution in [0.1, 0.15) is 32.3 Å². The number of para-hydroxylation sites is 1. The second-order valence-corrected chi connectivity index (χ2v) is 7.92. The summed E-state index contributed by atoms with van der Waals surface area (Å²) in [4.78, 5) is 15.3. The number of carbonyl (C=O) groups excluding carboxylic acids is 1. The molecule has 0 unspecified atom stereocenters. The summed E-state index contributed by atoms with van der Waals surface area (Å²) in [6.07, 6.45) is 2.98. The predicted molar refractivity (Wildman–Crippen MR) is 96.1 cm³/mol. The smallest absolute Gasteiger partial charge is 0.228 e. The van der Waals surface area contributed by atoms with Crippen molar-refractivity contribution in [3.8, 4) is 5.75 Å².